The Morgan fingerprint density at radius 3 is 3.00 bits per heavy atom. The standard InChI is InChI=1S/C11H9ClN2O2S/c12-9-4-7(11(15)16)5-13-10(9)14-6-8-2-1-3-17-8/h1-5H,6H2,(H,13,14)(H,15,16). The number of carboxylic acid groups (broad SMARTS) is 1. The van der Waals surface area contributed by atoms with Crippen LogP contribution < -0.4 is 5.32 Å². The molecule has 0 amide bonds. The van der Waals surface area contributed by atoms with Crippen molar-refractivity contribution in [1.82, 2.24) is 4.98 Å². The van der Waals surface area contributed by atoms with Gasteiger partial charge in [0.1, 0.15) is 5.82 Å². The molecule has 0 aromatic carbocycles. The minimum Gasteiger partial charge on any atom is -0.478 e. The van der Waals surface area contributed by atoms with E-state index in [0.717, 1.165) is 4.88 Å². The molecule has 0 atom stereocenters. The third-order valence-corrected chi connectivity index (χ3v) is 3.26. The van der Waals surface area contributed by atoms with Gasteiger partial charge in [-0.05, 0) is 17.5 Å². The van der Waals surface area contributed by atoms with Gasteiger partial charge in [-0.25, -0.2) is 9.78 Å². The van der Waals surface area contributed by atoms with Crippen molar-refractivity contribution in [3.8, 4) is 0 Å². The summed E-state index contributed by atoms with van der Waals surface area (Å²) in [5, 5.41) is 14.1. The van der Waals surface area contributed by atoms with E-state index < -0.39 is 5.97 Å². The van der Waals surface area contributed by atoms with Gasteiger partial charge in [0.15, 0.2) is 0 Å². The lowest BCUT2D eigenvalue weighted by molar-refractivity contribution is 0.0696. The molecule has 0 spiro atoms. The second-order valence-electron chi connectivity index (χ2n) is 3.29. The van der Waals surface area contributed by atoms with Gasteiger partial charge >= 0.3 is 5.97 Å². The summed E-state index contributed by atoms with van der Waals surface area (Å²) >= 11 is 7.56. The summed E-state index contributed by atoms with van der Waals surface area (Å²) in [6.07, 6.45) is 1.28. The fraction of sp³-hybridized carbons (Fsp3) is 0.0909. The van der Waals surface area contributed by atoms with Crippen molar-refractivity contribution in [2.75, 3.05) is 5.32 Å². The monoisotopic (exact) mass is 268 g/mol. The van der Waals surface area contributed by atoms with Gasteiger partial charge in [0.05, 0.1) is 17.1 Å². The zero-order chi connectivity index (χ0) is 12.3. The maximum atomic E-state index is 10.7. The van der Waals surface area contributed by atoms with Gasteiger partial charge in [0, 0.05) is 11.1 Å². The lowest BCUT2D eigenvalue weighted by atomic mass is 10.3. The second-order valence-corrected chi connectivity index (χ2v) is 4.73. The van der Waals surface area contributed by atoms with Gasteiger partial charge in [0.25, 0.3) is 0 Å². The molecule has 88 valence electrons. The SMILES string of the molecule is O=C(O)c1cnc(NCc2cccs2)c(Cl)c1. The summed E-state index contributed by atoms with van der Waals surface area (Å²) in [6, 6.07) is 5.34. The zero-order valence-electron chi connectivity index (χ0n) is 8.68. The van der Waals surface area contributed by atoms with Crippen LogP contribution in [-0.4, -0.2) is 16.1 Å². The first-order valence-corrected chi connectivity index (χ1v) is 6.07. The molecular formula is C11H9ClN2O2S. The van der Waals surface area contributed by atoms with E-state index in [0.29, 0.717) is 17.4 Å². The van der Waals surface area contributed by atoms with Crippen molar-refractivity contribution < 1.29 is 9.90 Å². The Morgan fingerprint density at radius 2 is 2.41 bits per heavy atom. The summed E-state index contributed by atoms with van der Waals surface area (Å²) in [5.41, 5.74) is 0.0803. The van der Waals surface area contributed by atoms with Crippen LogP contribution in [0.2, 0.25) is 5.02 Å². The van der Waals surface area contributed by atoms with Crippen molar-refractivity contribution in [3.63, 3.8) is 0 Å². The van der Waals surface area contributed by atoms with Crippen molar-refractivity contribution >= 4 is 34.7 Å². The number of hydrogen-bond acceptors (Lipinski definition) is 4. The van der Waals surface area contributed by atoms with E-state index in [9.17, 15) is 4.79 Å². The van der Waals surface area contributed by atoms with Gasteiger partial charge in [-0.2, -0.15) is 0 Å². The van der Waals surface area contributed by atoms with Crippen molar-refractivity contribution in [2.45, 2.75) is 6.54 Å². The summed E-state index contributed by atoms with van der Waals surface area (Å²) in [5.74, 6) is -0.547. The van der Waals surface area contributed by atoms with Crippen LogP contribution in [0.4, 0.5) is 5.82 Å². The number of rotatable bonds is 4. The molecule has 2 rings (SSSR count). The molecule has 0 bridgehead atoms. The molecule has 2 N–H and O–H groups in total. The van der Waals surface area contributed by atoms with Crippen molar-refractivity contribution in [2.24, 2.45) is 0 Å². The van der Waals surface area contributed by atoms with Gasteiger partial charge in [-0.15, -0.1) is 11.3 Å². The lowest BCUT2D eigenvalue weighted by Gasteiger charge is -2.06. The fourth-order valence-corrected chi connectivity index (χ4v) is 2.15. The topological polar surface area (TPSA) is 62.2 Å². The van der Waals surface area contributed by atoms with E-state index >= 15 is 0 Å². The van der Waals surface area contributed by atoms with Crippen LogP contribution >= 0.6 is 22.9 Å². The minimum atomic E-state index is -1.04. The molecule has 0 saturated heterocycles. The van der Waals surface area contributed by atoms with Gasteiger partial charge in [0.2, 0.25) is 0 Å². The molecule has 17 heavy (non-hydrogen) atoms. The molecule has 0 saturated carbocycles. The van der Waals surface area contributed by atoms with Crippen LogP contribution in [0.3, 0.4) is 0 Å². The smallest absolute Gasteiger partial charge is 0.337 e. The molecule has 2 aromatic rings. The highest BCUT2D eigenvalue weighted by Crippen LogP contribution is 2.21. The molecule has 0 aliphatic heterocycles. The average Bonchev–Trinajstić information content (AvgIpc) is 2.80. The number of anilines is 1. The van der Waals surface area contributed by atoms with Crippen LogP contribution in [0.1, 0.15) is 15.2 Å². The molecule has 4 nitrogen and oxygen atoms in total. The molecule has 0 fully saturated rings. The number of carboxylic acids is 1. The maximum absolute atomic E-state index is 10.7. The molecule has 2 aromatic heterocycles. The van der Waals surface area contributed by atoms with Crippen LogP contribution in [0, 0.1) is 0 Å². The van der Waals surface area contributed by atoms with Crippen LogP contribution in [0.5, 0.6) is 0 Å². The highest BCUT2D eigenvalue weighted by Gasteiger charge is 2.08. The summed E-state index contributed by atoms with van der Waals surface area (Å²) in [7, 11) is 0. The van der Waals surface area contributed by atoms with Crippen LogP contribution in [0.15, 0.2) is 29.8 Å². The van der Waals surface area contributed by atoms with E-state index in [2.05, 4.69) is 10.3 Å². The van der Waals surface area contributed by atoms with E-state index in [4.69, 9.17) is 16.7 Å². The normalized spacial score (nSPS) is 10.2. The van der Waals surface area contributed by atoms with E-state index in [1.807, 2.05) is 17.5 Å². The number of carbonyl (C=O) groups is 1. The third kappa shape index (κ3) is 2.95. The second kappa shape index (κ2) is 5.16. The Bertz CT molecular complexity index is 528. The highest BCUT2D eigenvalue weighted by molar-refractivity contribution is 7.09. The number of halogens is 1. The summed E-state index contributed by atoms with van der Waals surface area (Å²) in [6.45, 7) is 0.622. The Morgan fingerprint density at radius 1 is 1.59 bits per heavy atom. The Balaban J connectivity index is 2.09. The number of pyridine rings is 1. The first-order valence-electron chi connectivity index (χ1n) is 4.82. The van der Waals surface area contributed by atoms with Crippen molar-refractivity contribution in [1.29, 1.82) is 0 Å². The largest absolute Gasteiger partial charge is 0.478 e. The molecule has 0 radical (unpaired) electrons. The zero-order valence-corrected chi connectivity index (χ0v) is 10.3. The Labute approximate surface area is 107 Å². The van der Waals surface area contributed by atoms with E-state index in [1.54, 1.807) is 11.3 Å². The quantitative estimate of drug-likeness (QED) is 0.894. The Hall–Kier alpha value is -1.59. The molecule has 6 heteroatoms. The number of thiophene rings is 1. The van der Waals surface area contributed by atoms with E-state index in [1.165, 1.54) is 12.3 Å². The number of hydrogen-bond donors (Lipinski definition) is 2. The predicted molar refractivity (Wildman–Crippen MR) is 67.9 cm³/mol. The number of aromatic nitrogens is 1. The maximum Gasteiger partial charge on any atom is 0.337 e. The summed E-state index contributed by atoms with van der Waals surface area (Å²) < 4.78 is 0. The molecule has 0 aliphatic carbocycles. The average molecular weight is 269 g/mol. The molecule has 0 unspecified atom stereocenters. The first kappa shape index (κ1) is 11.9. The number of nitrogens with one attached hydrogen (secondary N) is 1. The number of aromatic carboxylic acids is 1. The summed E-state index contributed by atoms with van der Waals surface area (Å²) in [4.78, 5) is 15.8. The van der Waals surface area contributed by atoms with Crippen molar-refractivity contribution in [3.05, 3.63) is 45.2 Å². The molecular weight excluding hydrogens is 260 g/mol. The highest BCUT2D eigenvalue weighted by atomic mass is 35.5. The van der Waals surface area contributed by atoms with Crippen LogP contribution in [-0.2, 0) is 6.54 Å². The molecule has 2 heterocycles. The minimum absolute atomic E-state index is 0.0803. The van der Waals surface area contributed by atoms with Gasteiger partial charge in [-0.3, -0.25) is 0 Å². The fourth-order valence-electron chi connectivity index (χ4n) is 1.27. The molecule has 0 aliphatic rings. The van der Waals surface area contributed by atoms with Crippen LogP contribution in [0.25, 0.3) is 0 Å². The lowest BCUT2D eigenvalue weighted by Crippen LogP contribution is -2.03. The predicted octanol–water partition coefficient (Wildman–Crippen LogP) is 3.11. The van der Waals surface area contributed by atoms with Gasteiger partial charge < -0.3 is 10.4 Å². The number of nitrogens with zero attached hydrogens (tertiary/aromatic N) is 1. The van der Waals surface area contributed by atoms with E-state index in [-0.39, 0.29) is 5.56 Å². The first-order chi connectivity index (χ1) is 8.16. The third-order valence-electron chi connectivity index (χ3n) is 2.10. The Kier molecular flexibility index (Phi) is 3.61. The van der Waals surface area contributed by atoms with Gasteiger partial charge in [-0.1, -0.05) is 17.7 Å².